The van der Waals surface area contributed by atoms with Crippen LogP contribution in [0.3, 0.4) is 0 Å². The third-order valence-corrected chi connectivity index (χ3v) is 2.45. The Bertz CT molecular complexity index is 402. The first-order valence-electron chi connectivity index (χ1n) is 3.31. The molecule has 5 heteroatoms. The highest BCUT2D eigenvalue weighted by Gasteiger charge is 2.07. The predicted octanol–water partition coefficient (Wildman–Crippen LogP) is 0.498. The number of carbonyl (C=O) groups is 1. The van der Waals surface area contributed by atoms with E-state index in [1.807, 2.05) is 0 Å². The number of Topliss-reactive ketones (excluding diaryl/α,β-unsaturated/α-hetero) is 1. The summed E-state index contributed by atoms with van der Waals surface area (Å²) in [5, 5.41) is 0. The van der Waals surface area contributed by atoms with Crippen LogP contribution in [0.25, 0.3) is 0 Å². The van der Waals surface area contributed by atoms with Crippen LogP contribution in [0.1, 0.15) is 17.3 Å². The van der Waals surface area contributed by atoms with Gasteiger partial charge in [0.05, 0.1) is 6.26 Å². The second kappa shape index (κ2) is 2.75. The fraction of sp³-hybridized carbons (Fsp3) is 0.286. The molecule has 0 bridgehead atoms. The molecule has 0 aromatic carbocycles. The van der Waals surface area contributed by atoms with E-state index in [1.54, 1.807) is 0 Å². The highest BCUT2D eigenvalue weighted by atomic mass is 32.2. The van der Waals surface area contributed by atoms with Crippen molar-refractivity contribution in [2.45, 2.75) is 6.92 Å². The zero-order valence-corrected chi connectivity index (χ0v) is 7.63. The minimum absolute atomic E-state index is 0.141. The van der Waals surface area contributed by atoms with Crippen molar-refractivity contribution in [3.63, 3.8) is 0 Å². The van der Waals surface area contributed by atoms with Crippen molar-refractivity contribution in [3.05, 3.63) is 24.0 Å². The standard InChI is InChI=1S/C7H9NO3S/c1-6(9)7-3-4-8(5-7)12(2,10)11/h3-5H,1-2H3. The van der Waals surface area contributed by atoms with Gasteiger partial charge >= 0.3 is 0 Å². The lowest BCUT2D eigenvalue weighted by molar-refractivity contribution is 0.101. The molecule has 4 nitrogen and oxygen atoms in total. The van der Waals surface area contributed by atoms with Gasteiger partial charge in [0, 0.05) is 18.0 Å². The van der Waals surface area contributed by atoms with Gasteiger partial charge in [-0.1, -0.05) is 0 Å². The molecule has 1 heterocycles. The summed E-state index contributed by atoms with van der Waals surface area (Å²) in [6.07, 6.45) is 3.74. The van der Waals surface area contributed by atoms with Crippen molar-refractivity contribution in [3.8, 4) is 0 Å². The minimum atomic E-state index is -3.25. The Morgan fingerprint density at radius 1 is 1.50 bits per heavy atom. The number of nitrogens with zero attached hydrogens (tertiary/aromatic N) is 1. The molecule has 0 N–H and O–H groups in total. The molecule has 0 aliphatic heterocycles. The Morgan fingerprint density at radius 2 is 2.08 bits per heavy atom. The third-order valence-electron chi connectivity index (χ3n) is 1.46. The summed E-state index contributed by atoms with van der Waals surface area (Å²) in [7, 11) is -3.25. The molecular weight excluding hydrogens is 178 g/mol. The molecule has 1 aromatic heterocycles. The van der Waals surface area contributed by atoms with Gasteiger partial charge in [-0.15, -0.1) is 0 Å². The van der Waals surface area contributed by atoms with E-state index in [4.69, 9.17) is 0 Å². The minimum Gasteiger partial charge on any atom is -0.294 e. The topological polar surface area (TPSA) is 56.1 Å². The van der Waals surface area contributed by atoms with Gasteiger partial charge in [-0.25, -0.2) is 8.42 Å². The van der Waals surface area contributed by atoms with Gasteiger partial charge < -0.3 is 0 Å². The lowest BCUT2D eigenvalue weighted by Crippen LogP contribution is -2.07. The second-order valence-corrected chi connectivity index (χ2v) is 4.44. The van der Waals surface area contributed by atoms with Crippen LogP contribution in [0.15, 0.2) is 18.5 Å². The van der Waals surface area contributed by atoms with Crippen LogP contribution < -0.4 is 0 Å². The van der Waals surface area contributed by atoms with E-state index < -0.39 is 10.0 Å². The fourth-order valence-electron chi connectivity index (χ4n) is 0.791. The lowest BCUT2D eigenvalue weighted by atomic mass is 10.2. The van der Waals surface area contributed by atoms with Gasteiger partial charge in [0.25, 0.3) is 0 Å². The molecule has 0 aliphatic rings. The quantitative estimate of drug-likeness (QED) is 0.633. The van der Waals surface area contributed by atoms with E-state index >= 15 is 0 Å². The number of aromatic nitrogens is 1. The lowest BCUT2D eigenvalue weighted by Gasteiger charge is -1.95. The molecule has 0 unspecified atom stereocenters. The summed E-state index contributed by atoms with van der Waals surface area (Å²) in [6.45, 7) is 1.39. The number of ketones is 1. The Morgan fingerprint density at radius 3 is 2.33 bits per heavy atom. The predicted molar refractivity (Wildman–Crippen MR) is 44.7 cm³/mol. The summed E-state index contributed by atoms with van der Waals surface area (Å²) >= 11 is 0. The summed E-state index contributed by atoms with van der Waals surface area (Å²) in [5.41, 5.74) is 0.403. The first-order chi connectivity index (χ1) is 5.41. The van der Waals surface area contributed by atoms with Gasteiger partial charge in [-0.2, -0.15) is 0 Å². The SMILES string of the molecule is CC(=O)c1ccn(S(C)(=O)=O)c1. The van der Waals surface area contributed by atoms with Crippen LogP contribution in [0.2, 0.25) is 0 Å². The molecule has 0 atom stereocenters. The molecule has 12 heavy (non-hydrogen) atoms. The highest BCUT2D eigenvalue weighted by Crippen LogP contribution is 2.03. The molecule has 0 amide bonds. The summed E-state index contributed by atoms with van der Waals surface area (Å²) in [4.78, 5) is 10.8. The number of rotatable bonds is 2. The fourth-order valence-corrected chi connectivity index (χ4v) is 1.38. The van der Waals surface area contributed by atoms with Gasteiger partial charge in [0.2, 0.25) is 10.0 Å². The van der Waals surface area contributed by atoms with Crippen molar-refractivity contribution in [2.24, 2.45) is 0 Å². The Kier molecular flexibility index (Phi) is 2.06. The second-order valence-electron chi connectivity index (χ2n) is 2.55. The Balaban J connectivity index is 3.17. The van der Waals surface area contributed by atoms with Crippen molar-refractivity contribution >= 4 is 15.8 Å². The number of hydrogen-bond donors (Lipinski definition) is 0. The van der Waals surface area contributed by atoms with Crippen LogP contribution >= 0.6 is 0 Å². The molecule has 0 saturated heterocycles. The molecule has 1 rings (SSSR count). The summed E-state index contributed by atoms with van der Waals surface area (Å²) in [5.74, 6) is -0.141. The zero-order valence-electron chi connectivity index (χ0n) is 6.81. The average Bonchev–Trinajstić information content (AvgIpc) is 2.30. The van der Waals surface area contributed by atoms with Crippen LogP contribution in [-0.4, -0.2) is 24.4 Å². The summed E-state index contributed by atoms with van der Waals surface area (Å²) < 4.78 is 22.9. The first kappa shape index (κ1) is 8.99. The average molecular weight is 187 g/mol. The molecule has 0 aliphatic carbocycles. The van der Waals surface area contributed by atoms with Crippen molar-refractivity contribution in [1.82, 2.24) is 3.97 Å². The van der Waals surface area contributed by atoms with Crippen LogP contribution in [0.5, 0.6) is 0 Å². The largest absolute Gasteiger partial charge is 0.294 e. The Labute approximate surface area is 70.9 Å². The van der Waals surface area contributed by atoms with Gasteiger partial charge in [-0.3, -0.25) is 8.77 Å². The normalized spacial score (nSPS) is 11.5. The highest BCUT2D eigenvalue weighted by molar-refractivity contribution is 7.89. The van der Waals surface area contributed by atoms with E-state index in [0.29, 0.717) is 5.56 Å². The van der Waals surface area contributed by atoms with Gasteiger partial charge in [0.15, 0.2) is 5.78 Å². The molecule has 66 valence electrons. The van der Waals surface area contributed by atoms with Gasteiger partial charge in [-0.05, 0) is 13.0 Å². The van der Waals surface area contributed by atoms with E-state index in [-0.39, 0.29) is 5.78 Å². The molecule has 1 aromatic rings. The molecule has 0 spiro atoms. The van der Waals surface area contributed by atoms with E-state index in [9.17, 15) is 13.2 Å². The van der Waals surface area contributed by atoms with Crippen molar-refractivity contribution < 1.29 is 13.2 Å². The first-order valence-corrected chi connectivity index (χ1v) is 5.15. The Hall–Kier alpha value is -1.10. The van der Waals surface area contributed by atoms with Crippen LogP contribution in [-0.2, 0) is 10.0 Å². The molecule has 0 fully saturated rings. The van der Waals surface area contributed by atoms with E-state index in [0.717, 1.165) is 10.2 Å². The maximum absolute atomic E-state index is 10.9. The third kappa shape index (κ3) is 1.73. The van der Waals surface area contributed by atoms with Crippen molar-refractivity contribution in [1.29, 1.82) is 0 Å². The molecular formula is C7H9NO3S. The van der Waals surface area contributed by atoms with Crippen molar-refractivity contribution in [2.75, 3.05) is 6.26 Å². The van der Waals surface area contributed by atoms with E-state index in [2.05, 4.69) is 0 Å². The van der Waals surface area contributed by atoms with E-state index in [1.165, 1.54) is 25.4 Å². The smallest absolute Gasteiger partial charge is 0.235 e. The van der Waals surface area contributed by atoms with Crippen LogP contribution in [0.4, 0.5) is 0 Å². The van der Waals surface area contributed by atoms with Crippen LogP contribution in [0, 0.1) is 0 Å². The molecule has 0 radical (unpaired) electrons. The number of hydrogen-bond acceptors (Lipinski definition) is 3. The van der Waals surface area contributed by atoms with Gasteiger partial charge in [0.1, 0.15) is 0 Å². The maximum Gasteiger partial charge on any atom is 0.235 e. The summed E-state index contributed by atoms with van der Waals surface area (Å²) in [6, 6.07) is 1.48. The maximum atomic E-state index is 10.9. The monoisotopic (exact) mass is 187 g/mol. The molecule has 0 saturated carbocycles. The number of carbonyl (C=O) groups excluding carboxylic acids is 1. The zero-order chi connectivity index (χ0) is 9.35.